The molecule has 73 heavy (non-hydrogen) atoms. The highest BCUT2D eigenvalue weighted by molar-refractivity contribution is 6.88. The van der Waals surface area contributed by atoms with Gasteiger partial charge in [-0.2, -0.15) is 0 Å². The lowest BCUT2D eigenvalue weighted by Crippen LogP contribution is -2.37. The topological polar surface area (TPSA) is 32.8 Å². The molecule has 360 valence electrons. The first-order valence-electron chi connectivity index (χ1n) is 27.1. The van der Waals surface area contributed by atoms with Crippen LogP contribution in [0.4, 0.5) is 34.1 Å². The fourth-order valence-corrected chi connectivity index (χ4v) is 15.4. The van der Waals surface area contributed by atoms with E-state index in [2.05, 4.69) is 212 Å². The quantitative estimate of drug-likeness (QED) is 0.101. The SMILES string of the molecule is C[SiH](C)c1ccc(N(c2cc(C3CCCC3)c3ccc4c(N(c5ccc([Si](C)(C)C)cc5)c5cccc6c5oc5ccccc56)cc(C5CCCC5)c5ccc2c3c54)c2cccc3c2oc2ccccc23)cc1. The van der Waals surface area contributed by atoms with Gasteiger partial charge in [0, 0.05) is 43.7 Å². The van der Waals surface area contributed by atoms with Gasteiger partial charge >= 0.3 is 0 Å². The van der Waals surface area contributed by atoms with Crippen molar-refractivity contribution in [3.63, 3.8) is 0 Å². The first-order chi connectivity index (χ1) is 35.7. The van der Waals surface area contributed by atoms with Gasteiger partial charge < -0.3 is 18.6 Å². The Labute approximate surface area is 430 Å². The number of nitrogens with zero attached hydrogens (tertiary/aromatic N) is 2. The van der Waals surface area contributed by atoms with Crippen LogP contribution in [0.2, 0.25) is 32.7 Å². The van der Waals surface area contributed by atoms with Gasteiger partial charge in [0.1, 0.15) is 11.2 Å². The molecule has 6 heteroatoms. The number of anilines is 6. The Morgan fingerprint density at radius 3 is 1.26 bits per heavy atom. The van der Waals surface area contributed by atoms with Crippen LogP contribution < -0.4 is 20.2 Å². The van der Waals surface area contributed by atoms with Crippen LogP contribution in [-0.2, 0) is 0 Å². The van der Waals surface area contributed by atoms with E-state index < -0.39 is 16.9 Å². The Bertz CT molecular complexity index is 4070. The molecule has 12 aromatic rings. The number of benzene rings is 10. The Hall–Kier alpha value is -7.13. The Balaban J connectivity index is 1.11. The lowest BCUT2D eigenvalue weighted by molar-refractivity contribution is 0.668. The Morgan fingerprint density at radius 2 is 0.822 bits per heavy atom. The van der Waals surface area contributed by atoms with Gasteiger partial charge in [-0.05, 0) is 131 Å². The summed E-state index contributed by atoms with van der Waals surface area (Å²) in [5.74, 6) is 0.947. The van der Waals surface area contributed by atoms with Crippen molar-refractivity contribution < 1.29 is 8.83 Å². The van der Waals surface area contributed by atoms with Crippen molar-refractivity contribution in [3.8, 4) is 0 Å². The standard InChI is InChI=1S/C67H62N2O2Si2/c1-72(2)46-32-28-44(29-33-46)68(58-24-14-22-52-48-20-10-12-26-62(48)70-66(52)58)60-40-56(42-16-6-7-17-42)50-37-39-55-61(41-57(43-18-8-9-19-43)51-36-38-54(60)64(50)65(51)55)69(45-30-34-47(35-31-45)73(3,4)5)59-25-15-23-53-49-21-11-13-27-63(49)71-67(53)59/h10-15,20-43,72H,6-9,16-19H2,1-5H3. The van der Waals surface area contributed by atoms with Crippen molar-refractivity contribution in [2.24, 2.45) is 0 Å². The van der Waals surface area contributed by atoms with E-state index in [1.54, 1.807) is 0 Å². The van der Waals surface area contributed by atoms with Gasteiger partial charge in [-0.3, -0.25) is 0 Å². The van der Waals surface area contributed by atoms with Gasteiger partial charge in [-0.25, -0.2) is 0 Å². The second kappa shape index (κ2) is 17.2. The van der Waals surface area contributed by atoms with Crippen molar-refractivity contribution in [2.45, 2.75) is 95.9 Å². The zero-order valence-corrected chi connectivity index (χ0v) is 44.9. The third-order valence-corrected chi connectivity index (χ3v) is 20.8. The van der Waals surface area contributed by atoms with Crippen LogP contribution >= 0.6 is 0 Å². The second-order valence-corrected chi connectivity index (χ2v) is 30.8. The summed E-state index contributed by atoms with van der Waals surface area (Å²) in [6, 6.07) is 64.7. The maximum atomic E-state index is 6.96. The molecule has 2 aromatic heterocycles. The molecule has 2 aliphatic carbocycles. The maximum Gasteiger partial charge on any atom is 0.159 e. The van der Waals surface area contributed by atoms with Crippen molar-refractivity contribution in [3.05, 3.63) is 181 Å². The average Bonchev–Trinajstić information content (AvgIpc) is 4.27. The van der Waals surface area contributed by atoms with Crippen molar-refractivity contribution in [1.29, 1.82) is 0 Å². The number of para-hydroxylation sites is 4. The molecule has 14 rings (SSSR count). The van der Waals surface area contributed by atoms with Crippen molar-refractivity contribution >= 4 is 138 Å². The van der Waals surface area contributed by atoms with Gasteiger partial charge in [0.15, 0.2) is 11.2 Å². The van der Waals surface area contributed by atoms with E-state index in [1.807, 2.05) is 0 Å². The van der Waals surface area contributed by atoms with Crippen molar-refractivity contribution in [1.82, 2.24) is 0 Å². The van der Waals surface area contributed by atoms with Gasteiger partial charge in [0.25, 0.3) is 0 Å². The summed E-state index contributed by atoms with van der Waals surface area (Å²) in [5, 5.41) is 15.6. The first-order valence-corrected chi connectivity index (χ1v) is 33.5. The number of fused-ring (bicyclic) bond motifs is 6. The van der Waals surface area contributed by atoms with Crippen LogP contribution in [0.1, 0.15) is 74.3 Å². The van der Waals surface area contributed by atoms with E-state index in [0.717, 1.165) is 66.6 Å². The van der Waals surface area contributed by atoms with Crippen LogP contribution in [0.25, 0.3) is 76.2 Å². The smallest absolute Gasteiger partial charge is 0.159 e. The summed E-state index contributed by atoms with van der Waals surface area (Å²) in [6.07, 6.45) is 9.87. The highest BCUT2D eigenvalue weighted by Gasteiger charge is 2.32. The molecule has 2 aliphatic rings. The Morgan fingerprint density at radius 1 is 0.411 bits per heavy atom. The predicted octanol–water partition coefficient (Wildman–Crippen LogP) is 18.9. The van der Waals surface area contributed by atoms with Gasteiger partial charge in [0.05, 0.1) is 39.6 Å². The van der Waals surface area contributed by atoms with Gasteiger partial charge in [-0.15, -0.1) is 0 Å². The van der Waals surface area contributed by atoms with Crippen LogP contribution in [-0.4, -0.2) is 16.9 Å². The fourth-order valence-electron chi connectivity index (χ4n) is 13.3. The number of rotatable bonds is 10. The van der Waals surface area contributed by atoms with E-state index in [0.29, 0.717) is 11.8 Å². The molecule has 0 unspecified atom stereocenters. The van der Waals surface area contributed by atoms with Crippen LogP contribution in [0.15, 0.2) is 179 Å². The molecule has 2 heterocycles. The zero-order chi connectivity index (χ0) is 49.1. The van der Waals surface area contributed by atoms with E-state index in [4.69, 9.17) is 8.83 Å². The minimum absolute atomic E-state index is 0.473. The number of hydrogen-bond acceptors (Lipinski definition) is 4. The molecule has 2 saturated carbocycles. The lowest BCUT2D eigenvalue weighted by atomic mass is 9.82. The summed E-state index contributed by atoms with van der Waals surface area (Å²) in [5.41, 5.74) is 13.5. The molecule has 0 N–H and O–H groups in total. The van der Waals surface area contributed by atoms with Crippen molar-refractivity contribution in [2.75, 3.05) is 9.80 Å². The first kappa shape index (κ1) is 44.6. The zero-order valence-electron chi connectivity index (χ0n) is 42.8. The third kappa shape index (κ3) is 7.19. The average molecular weight is 983 g/mol. The van der Waals surface area contributed by atoms with Gasteiger partial charge in [-0.1, -0.05) is 178 Å². The molecule has 0 spiro atoms. The largest absolute Gasteiger partial charge is 0.454 e. The molecule has 2 fully saturated rings. The molecule has 0 amide bonds. The third-order valence-electron chi connectivity index (χ3n) is 17.0. The summed E-state index contributed by atoms with van der Waals surface area (Å²) in [4.78, 5) is 5.10. The van der Waals surface area contributed by atoms with Crippen LogP contribution in [0, 0.1) is 0 Å². The summed E-state index contributed by atoms with van der Waals surface area (Å²) in [7, 11) is -2.63. The van der Waals surface area contributed by atoms with Gasteiger partial charge in [0.2, 0.25) is 0 Å². The van der Waals surface area contributed by atoms with E-state index in [9.17, 15) is 0 Å². The molecule has 0 aliphatic heterocycles. The summed E-state index contributed by atoms with van der Waals surface area (Å²) in [6.45, 7) is 12.2. The number of furan rings is 2. The summed E-state index contributed by atoms with van der Waals surface area (Å²) < 4.78 is 13.9. The molecule has 0 bridgehead atoms. The fraction of sp³-hybridized carbons (Fsp3) is 0.224. The lowest BCUT2D eigenvalue weighted by Gasteiger charge is -2.32. The number of hydrogen-bond donors (Lipinski definition) is 0. The molecule has 0 radical (unpaired) electrons. The molecule has 0 saturated heterocycles. The molecule has 4 nitrogen and oxygen atoms in total. The predicted molar refractivity (Wildman–Crippen MR) is 318 cm³/mol. The summed E-state index contributed by atoms with van der Waals surface area (Å²) >= 11 is 0. The second-order valence-electron chi connectivity index (χ2n) is 22.7. The Kier molecular flexibility index (Phi) is 10.5. The monoisotopic (exact) mass is 982 g/mol. The molecular formula is C67H62N2O2Si2. The van der Waals surface area contributed by atoms with E-state index >= 15 is 0 Å². The molecule has 10 aromatic carbocycles. The highest BCUT2D eigenvalue weighted by atomic mass is 28.3. The van der Waals surface area contributed by atoms with E-state index in [1.165, 1.54) is 117 Å². The molecular weight excluding hydrogens is 921 g/mol. The van der Waals surface area contributed by atoms with Crippen LogP contribution in [0.3, 0.4) is 0 Å². The minimum Gasteiger partial charge on any atom is -0.454 e. The van der Waals surface area contributed by atoms with Crippen LogP contribution in [0.5, 0.6) is 0 Å². The minimum atomic E-state index is -1.59. The maximum absolute atomic E-state index is 6.96. The van der Waals surface area contributed by atoms with E-state index in [-0.39, 0.29) is 0 Å². The highest BCUT2D eigenvalue weighted by Crippen LogP contribution is 2.55. The normalized spacial score (nSPS) is 15.0. The molecule has 0 atom stereocenters.